The molecule has 8 heteroatoms. The smallest absolute Gasteiger partial charge is 0.226 e. The van der Waals surface area contributed by atoms with Gasteiger partial charge in [0.25, 0.3) is 0 Å². The van der Waals surface area contributed by atoms with E-state index in [-0.39, 0.29) is 5.91 Å². The monoisotopic (exact) mass is 312 g/mol. The Morgan fingerprint density at radius 2 is 2.04 bits per heavy atom. The zero-order valence-electron chi connectivity index (χ0n) is 12.5. The van der Waals surface area contributed by atoms with E-state index in [1.165, 1.54) is 6.33 Å². The zero-order valence-corrected chi connectivity index (χ0v) is 12.5. The van der Waals surface area contributed by atoms with Crippen molar-refractivity contribution in [3.05, 3.63) is 36.9 Å². The molecule has 0 fully saturated rings. The van der Waals surface area contributed by atoms with Gasteiger partial charge in [-0.1, -0.05) is 0 Å². The number of amides is 1. The number of imidazole rings is 1. The number of rotatable bonds is 6. The molecule has 3 aromatic rings. The number of anilines is 2. The minimum Gasteiger partial charge on any atom is -0.497 e. The molecule has 8 nitrogen and oxygen atoms in total. The first-order chi connectivity index (χ1) is 11.3. The molecule has 0 bridgehead atoms. The molecule has 0 saturated heterocycles. The number of methoxy groups -OCH3 is 1. The molecule has 0 saturated carbocycles. The van der Waals surface area contributed by atoms with Crippen LogP contribution >= 0.6 is 0 Å². The average molecular weight is 312 g/mol. The summed E-state index contributed by atoms with van der Waals surface area (Å²) in [5.74, 6) is 1.29. The third-order valence-electron chi connectivity index (χ3n) is 3.24. The highest BCUT2D eigenvalue weighted by molar-refractivity contribution is 5.91. The second-order valence-electron chi connectivity index (χ2n) is 4.78. The number of fused-ring (bicyclic) bond motifs is 1. The molecule has 3 rings (SSSR count). The van der Waals surface area contributed by atoms with Gasteiger partial charge in [-0.05, 0) is 24.3 Å². The van der Waals surface area contributed by atoms with Gasteiger partial charge in [0.2, 0.25) is 5.91 Å². The van der Waals surface area contributed by atoms with Crippen molar-refractivity contribution < 1.29 is 9.53 Å². The normalized spacial score (nSPS) is 10.5. The van der Waals surface area contributed by atoms with Gasteiger partial charge in [0.1, 0.15) is 17.6 Å². The van der Waals surface area contributed by atoms with Gasteiger partial charge in [-0.15, -0.1) is 0 Å². The molecule has 3 N–H and O–H groups in total. The maximum atomic E-state index is 11.9. The Kier molecular flexibility index (Phi) is 4.32. The predicted molar refractivity (Wildman–Crippen MR) is 86.4 cm³/mol. The lowest BCUT2D eigenvalue weighted by Gasteiger charge is -2.08. The van der Waals surface area contributed by atoms with E-state index < -0.39 is 0 Å². The number of nitrogens with one attached hydrogen (secondary N) is 3. The van der Waals surface area contributed by atoms with Crippen molar-refractivity contribution in [3.8, 4) is 5.75 Å². The van der Waals surface area contributed by atoms with E-state index in [9.17, 15) is 4.79 Å². The number of aromatic nitrogens is 4. The number of aromatic amines is 1. The Morgan fingerprint density at radius 1 is 1.22 bits per heavy atom. The van der Waals surface area contributed by atoms with Crippen LogP contribution in [0.2, 0.25) is 0 Å². The summed E-state index contributed by atoms with van der Waals surface area (Å²) in [6.07, 6.45) is 3.30. The first kappa shape index (κ1) is 14.8. The van der Waals surface area contributed by atoms with Crippen LogP contribution in [0, 0.1) is 0 Å². The van der Waals surface area contributed by atoms with Crippen LogP contribution in [0.1, 0.15) is 6.42 Å². The number of hydrogen-bond acceptors (Lipinski definition) is 6. The quantitative estimate of drug-likeness (QED) is 0.641. The number of hydrogen-bond donors (Lipinski definition) is 3. The zero-order chi connectivity index (χ0) is 16.1. The molecule has 1 amide bonds. The fourth-order valence-electron chi connectivity index (χ4n) is 2.09. The van der Waals surface area contributed by atoms with E-state index >= 15 is 0 Å². The third kappa shape index (κ3) is 3.54. The summed E-state index contributed by atoms with van der Waals surface area (Å²) in [6.45, 7) is 0.452. The second-order valence-corrected chi connectivity index (χ2v) is 4.78. The van der Waals surface area contributed by atoms with E-state index in [0.717, 1.165) is 17.0 Å². The van der Waals surface area contributed by atoms with Gasteiger partial charge in [0.15, 0.2) is 11.5 Å². The Labute approximate surface area is 132 Å². The van der Waals surface area contributed by atoms with E-state index in [1.54, 1.807) is 37.7 Å². The maximum absolute atomic E-state index is 11.9. The van der Waals surface area contributed by atoms with Gasteiger partial charge in [0, 0.05) is 18.7 Å². The van der Waals surface area contributed by atoms with Crippen molar-refractivity contribution >= 4 is 28.6 Å². The lowest BCUT2D eigenvalue weighted by atomic mass is 10.3. The van der Waals surface area contributed by atoms with E-state index in [4.69, 9.17) is 4.74 Å². The molecule has 0 spiro atoms. The van der Waals surface area contributed by atoms with Gasteiger partial charge in [-0.25, -0.2) is 15.0 Å². The summed E-state index contributed by atoms with van der Waals surface area (Å²) in [5, 5.41) is 5.93. The summed E-state index contributed by atoms with van der Waals surface area (Å²) in [4.78, 5) is 27.1. The number of carbonyl (C=O) groups excluding carboxylic acids is 1. The number of nitrogens with zero attached hydrogens (tertiary/aromatic N) is 3. The Balaban J connectivity index is 1.52. The molecule has 0 radical (unpaired) electrons. The largest absolute Gasteiger partial charge is 0.497 e. The molecule has 0 aliphatic carbocycles. The topological polar surface area (TPSA) is 105 Å². The Bertz CT molecular complexity index is 799. The molecule has 2 aromatic heterocycles. The maximum Gasteiger partial charge on any atom is 0.226 e. The van der Waals surface area contributed by atoms with Gasteiger partial charge >= 0.3 is 0 Å². The lowest BCUT2D eigenvalue weighted by molar-refractivity contribution is -0.115. The van der Waals surface area contributed by atoms with Crippen molar-refractivity contribution in [1.82, 2.24) is 19.9 Å². The highest BCUT2D eigenvalue weighted by Gasteiger charge is 2.07. The van der Waals surface area contributed by atoms with Crippen molar-refractivity contribution in [3.63, 3.8) is 0 Å². The highest BCUT2D eigenvalue weighted by atomic mass is 16.5. The van der Waals surface area contributed by atoms with Gasteiger partial charge in [-0.2, -0.15) is 0 Å². The summed E-state index contributed by atoms with van der Waals surface area (Å²) < 4.78 is 5.07. The summed E-state index contributed by atoms with van der Waals surface area (Å²) in [5.41, 5.74) is 2.04. The van der Waals surface area contributed by atoms with E-state index in [2.05, 4.69) is 30.6 Å². The summed E-state index contributed by atoms with van der Waals surface area (Å²) in [6, 6.07) is 7.18. The van der Waals surface area contributed by atoms with Crippen LogP contribution < -0.4 is 15.4 Å². The molecule has 118 valence electrons. The first-order valence-electron chi connectivity index (χ1n) is 7.08. The van der Waals surface area contributed by atoms with Crippen LogP contribution in [-0.4, -0.2) is 39.5 Å². The van der Waals surface area contributed by atoms with E-state index in [1.807, 2.05) is 0 Å². The van der Waals surface area contributed by atoms with Crippen molar-refractivity contribution in [2.24, 2.45) is 0 Å². The number of ether oxygens (including phenoxy) is 1. The summed E-state index contributed by atoms with van der Waals surface area (Å²) >= 11 is 0. The van der Waals surface area contributed by atoms with Crippen molar-refractivity contribution in [1.29, 1.82) is 0 Å². The fraction of sp³-hybridized carbons (Fsp3) is 0.200. The molecule has 0 unspecified atom stereocenters. The lowest BCUT2D eigenvalue weighted by Crippen LogP contribution is -2.16. The van der Waals surface area contributed by atoms with Crippen molar-refractivity contribution in [2.75, 3.05) is 24.3 Å². The number of carbonyl (C=O) groups is 1. The van der Waals surface area contributed by atoms with Crippen LogP contribution in [0.25, 0.3) is 11.2 Å². The fourth-order valence-corrected chi connectivity index (χ4v) is 2.09. The Morgan fingerprint density at radius 3 is 2.83 bits per heavy atom. The Hall–Kier alpha value is -3.16. The molecule has 0 aliphatic heterocycles. The summed E-state index contributed by atoms with van der Waals surface area (Å²) in [7, 11) is 1.60. The van der Waals surface area contributed by atoms with E-state index in [0.29, 0.717) is 24.4 Å². The van der Waals surface area contributed by atoms with Gasteiger partial charge in [-0.3, -0.25) is 4.79 Å². The molecular formula is C15H16N6O2. The minimum absolute atomic E-state index is 0.0856. The predicted octanol–water partition coefficient (Wildman–Crippen LogP) is 1.80. The molecule has 2 heterocycles. The molecular weight excluding hydrogens is 296 g/mol. The van der Waals surface area contributed by atoms with Crippen LogP contribution in [0.4, 0.5) is 11.5 Å². The van der Waals surface area contributed by atoms with Crippen LogP contribution in [0.5, 0.6) is 5.75 Å². The van der Waals surface area contributed by atoms with Crippen LogP contribution in [-0.2, 0) is 4.79 Å². The molecule has 0 aliphatic rings. The van der Waals surface area contributed by atoms with Crippen molar-refractivity contribution in [2.45, 2.75) is 6.42 Å². The van der Waals surface area contributed by atoms with Crippen LogP contribution in [0.3, 0.4) is 0 Å². The number of H-pyrrole nitrogens is 1. The molecule has 0 atom stereocenters. The average Bonchev–Trinajstić information content (AvgIpc) is 3.05. The minimum atomic E-state index is -0.0856. The molecule has 1 aromatic carbocycles. The van der Waals surface area contributed by atoms with Crippen LogP contribution in [0.15, 0.2) is 36.9 Å². The van der Waals surface area contributed by atoms with Gasteiger partial charge in [0.05, 0.1) is 13.4 Å². The second kappa shape index (κ2) is 6.73. The third-order valence-corrected chi connectivity index (χ3v) is 3.24. The molecule has 23 heavy (non-hydrogen) atoms. The standard InChI is InChI=1S/C15H16N6O2/c1-23-11-4-2-10(3-5-11)21-12(22)6-7-16-14-13-15(18-8-17-13)20-9-19-14/h2-5,8-9H,6-7H2,1H3,(H,21,22)(H2,16,17,18,19,20). The first-order valence-corrected chi connectivity index (χ1v) is 7.08. The SMILES string of the molecule is COc1ccc(NC(=O)CCNc2ncnc3nc[nH]c23)cc1. The highest BCUT2D eigenvalue weighted by Crippen LogP contribution is 2.16. The van der Waals surface area contributed by atoms with Gasteiger partial charge < -0.3 is 20.4 Å². The number of benzene rings is 1.